The minimum Gasteiger partial charge on any atom is -0.326 e. The van der Waals surface area contributed by atoms with Gasteiger partial charge < -0.3 is 10.6 Å². The van der Waals surface area contributed by atoms with Crippen molar-refractivity contribution in [1.82, 2.24) is 19.9 Å². The monoisotopic (exact) mass is 478 g/mol. The van der Waals surface area contributed by atoms with Gasteiger partial charge in [-0.1, -0.05) is 36.4 Å². The lowest BCUT2D eigenvalue weighted by molar-refractivity contribution is -0.121. The van der Waals surface area contributed by atoms with Crippen LogP contribution in [0, 0.1) is 12.8 Å². The maximum atomic E-state index is 13.0. The van der Waals surface area contributed by atoms with Crippen LogP contribution in [0.1, 0.15) is 24.0 Å². The molecule has 1 aliphatic heterocycles. The first kappa shape index (κ1) is 23.6. The number of piperidine rings is 1. The Bertz CT molecular complexity index is 1300. The number of aromatic nitrogens is 3. The average Bonchev–Trinajstić information content (AvgIpc) is 2.92. The summed E-state index contributed by atoms with van der Waals surface area (Å²) in [6, 6.07) is 22.1. The maximum absolute atomic E-state index is 13.0. The van der Waals surface area contributed by atoms with E-state index >= 15 is 0 Å². The Hall–Kier alpha value is -4.10. The number of rotatable bonds is 7. The van der Waals surface area contributed by atoms with Crippen LogP contribution in [-0.2, 0) is 11.3 Å². The van der Waals surface area contributed by atoms with Crippen LogP contribution in [0.25, 0.3) is 11.3 Å². The standard InChI is InChI=1S/C29H30N6O/c1-21-9-10-25(18-27(21)34-29-31-15-11-26(33-29)24-8-5-14-30-19-24)32-28(36)23-12-16-35(17-13-23)20-22-6-3-2-4-7-22/h2-11,14-15,18-19,23H,12-13,16-17,20H2,1H3,(H,32,36)(H,31,33,34). The molecule has 0 unspecified atom stereocenters. The summed E-state index contributed by atoms with van der Waals surface area (Å²) in [5, 5.41) is 6.42. The summed E-state index contributed by atoms with van der Waals surface area (Å²) >= 11 is 0. The van der Waals surface area contributed by atoms with Gasteiger partial charge in [-0.25, -0.2) is 9.97 Å². The number of benzene rings is 2. The molecule has 0 aliphatic carbocycles. The zero-order valence-electron chi connectivity index (χ0n) is 20.4. The molecule has 3 heterocycles. The molecule has 1 amide bonds. The van der Waals surface area contributed by atoms with E-state index in [1.165, 1.54) is 5.56 Å². The Morgan fingerprint density at radius 2 is 1.83 bits per heavy atom. The van der Waals surface area contributed by atoms with Crippen molar-refractivity contribution in [1.29, 1.82) is 0 Å². The fourth-order valence-electron chi connectivity index (χ4n) is 4.49. The normalized spacial score (nSPS) is 14.4. The number of carbonyl (C=O) groups is 1. The maximum Gasteiger partial charge on any atom is 0.227 e. The van der Waals surface area contributed by atoms with Gasteiger partial charge in [0.1, 0.15) is 0 Å². The van der Waals surface area contributed by atoms with Crippen molar-refractivity contribution in [2.24, 2.45) is 5.92 Å². The van der Waals surface area contributed by atoms with Crippen LogP contribution >= 0.6 is 0 Å². The summed E-state index contributed by atoms with van der Waals surface area (Å²) in [5.74, 6) is 0.599. The largest absolute Gasteiger partial charge is 0.326 e. The molecule has 2 N–H and O–H groups in total. The number of carbonyl (C=O) groups excluding carboxylic acids is 1. The van der Waals surface area contributed by atoms with Crippen LogP contribution in [0.2, 0.25) is 0 Å². The highest BCUT2D eigenvalue weighted by Crippen LogP contribution is 2.26. The van der Waals surface area contributed by atoms with E-state index in [9.17, 15) is 4.79 Å². The number of hydrogen-bond donors (Lipinski definition) is 2. The third kappa shape index (κ3) is 5.93. The highest BCUT2D eigenvalue weighted by molar-refractivity contribution is 5.93. The zero-order chi connectivity index (χ0) is 24.7. The molecular weight excluding hydrogens is 448 g/mol. The van der Waals surface area contributed by atoms with Crippen molar-refractivity contribution in [3.05, 3.63) is 96.4 Å². The summed E-state index contributed by atoms with van der Waals surface area (Å²) in [7, 11) is 0. The van der Waals surface area contributed by atoms with Gasteiger partial charge in [0.25, 0.3) is 0 Å². The molecule has 0 radical (unpaired) electrons. The number of hydrogen-bond acceptors (Lipinski definition) is 6. The third-order valence-corrected chi connectivity index (χ3v) is 6.57. The molecule has 2 aromatic heterocycles. The molecule has 0 saturated carbocycles. The van der Waals surface area contributed by atoms with Gasteiger partial charge in [-0.2, -0.15) is 0 Å². The van der Waals surface area contributed by atoms with Crippen molar-refractivity contribution in [2.45, 2.75) is 26.3 Å². The van der Waals surface area contributed by atoms with Gasteiger partial charge in [-0.3, -0.25) is 14.7 Å². The Kier molecular flexibility index (Phi) is 7.28. The zero-order valence-corrected chi connectivity index (χ0v) is 20.4. The summed E-state index contributed by atoms with van der Waals surface area (Å²) in [5.41, 5.74) is 5.70. The molecule has 5 rings (SSSR count). The van der Waals surface area contributed by atoms with Crippen molar-refractivity contribution in [3.63, 3.8) is 0 Å². The van der Waals surface area contributed by atoms with Gasteiger partial charge in [0.2, 0.25) is 11.9 Å². The first-order valence-electron chi connectivity index (χ1n) is 12.3. The molecule has 0 spiro atoms. The minimum absolute atomic E-state index is 0.0224. The van der Waals surface area contributed by atoms with Crippen molar-refractivity contribution < 1.29 is 4.79 Å². The second kappa shape index (κ2) is 11.1. The summed E-state index contributed by atoms with van der Waals surface area (Å²) in [6.07, 6.45) is 6.97. The predicted octanol–water partition coefficient (Wildman–Crippen LogP) is 5.44. The van der Waals surface area contributed by atoms with E-state index in [4.69, 9.17) is 0 Å². The lowest BCUT2D eigenvalue weighted by atomic mass is 9.95. The smallest absolute Gasteiger partial charge is 0.227 e. The Balaban J connectivity index is 1.20. The Morgan fingerprint density at radius 1 is 1.00 bits per heavy atom. The predicted molar refractivity (Wildman–Crippen MR) is 143 cm³/mol. The number of anilines is 3. The summed E-state index contributed by atoms with van der Waals surface area (Å²) in [4.78, 5) is 28.6. The molecule has 0 bridgehead atoms. The highest BCUT2D eigenvalue weighted by Gasteiger charge is 2.25. The SMILES string of the molecule is Cc1ccc(NC(=O)C2CCN(Cc3ccccc3)CC2)cc1Nc1nccc(-c2cccnc2)n1. The van der Waals surface area contributed by atoms with E-state index in [0.29, 0.717) is 5.95 Å². The molecule has 182 valence electrons. The second-order valence-corrected chi connectivity index (χ2v) is 9.19. The molecule has 7 heteroatoms. The molecule has 7 nitrogen and oxygen atoms in total. The topological polar surface area (TPSA) is 83.0 Å². The summed E-state index contributed by atoms with van der Waals surface area (Å²) < 4.78 is 0. The van der Waals surface area contributed by atoms with Crippen LogP contribution in [0.15, 0.2) is 85.3 Å². The second-order valence-electron chi connectivity index (χ2n) is 9.19. The van der Waals surface area contributed by atoms with Crippen LogP contribution in [-0.4, -0.2) is 38.8 Å². The van der Waals surface area contributed by atoms with Crippen LogP contribution in [0.3, 0.4) is 0 Å². The molecule has 1 aliphatic rings. The molecule has 1 fully saturated rings. The lowest BCUT2D eigenvalue weighted by Crippen LogP contribution is -2.37. The minimum atomic E-state index is 0.0224. The molecular formula is C29H30N6O. The molecule has 2 aromatic carbocycles. The Morgan fingerprint density at radius 3 is 2.61 bits per heavy atom. The highest BCUT2D eigenvalue weighted by atomic mass is 16.1. The van der Waals surface area contributed by atoms with Gasteiger partial charge in [0.15, 0.2) is 0 Å². The number of nitrogens with zero attached hydrogens (tertiary/aromatic N) is 4. The van der Waals surface area contributed by atoms with Gasteiger partial charge in [0, 0.05) is 48.0 Å². The van der Waals surface area contributed by atoms with E-state index in [2.05, 4.69) is 54.8 Å². The Labute approximate surface area is 211 Å². The van der Waals surface area contributed by atoms with Crippen LogP contribution in [0.5, 0.6) is 0 Å². The quantitative estimate of drug-likeness (QED) is 0.368. The summed E-state index contributed by atoms with van der Waals surface area (Å²) in [6.45, 7) is 4.81. The number of aryl methyl sites for hydroxylation is 1. The number of likely N-dealkylation sites (tertiary alicyclic amines) is 1. The molecule has 36 heavy (non-hydrogen) atoms. The molecule has 4 aromatic rings. The first-order valence-corrected chi connectivity index (χ1v) is 12.3. The van der Waals surface area contributed by atoms with E-state index < -0.39 is 0 Å². The van der Waals surface area contributed by atoms with Crippen molar-refractivity contribution >= 4 is 23.2 Å². The van der Waals surface area contributed by atoms with Gasteiger partial charge >= 0.3 is 0 Å². The molecule has 0 atom stereocenters. The fourth-order valence-corrected chi connectivity index (χ4v) is 4.49. The van der Waals surface area contributed by atoms with Gasteiger partial charge in [-0.05, 0) is 74.3 Å². The third-order valence-electron chi connectivity index (χ3n) is 6.57. The molecule has 1 saturated heterocycles. The van der Waals surface area contributed by atoms with E-state index in [-0.39, 0.29) is 11.8 Å². The van der Waals surface area contributed by atoms with Crippen molar-refractivity contribution in [3.8, 4) is 11.3 Å². The number of pyridine rings is 1. The average molecular weight is 479 g/mol. The van der Waals surface area contributed by atoms with E-state index in [1.807, 2.05) is 49.4 Å². The number of nitrogens with one attached hydrogen (secondary N) is 2. The number of amides is 1. The lowest BCUT2D eigenvalue weighted by Gasteiger charge is -2.31. The van der Waals surface area contributed by atoms with E-state index in [0.717, 1.165) is 60.7 Å². The van der Waals surface area contributed by atoms with Crippen LogP contribution in [0.4, 0.5) is 17.3 Å². The van der Waals surface area contributed by atoms with E-state index in [1.54, 1.807) is 18.6 Å². The van der Waals surface area contributed by atoms with Crippen LogP contribution < -0.4 is 10.6 Å². The van der Waals surface area contributed by atoms with Crippen molar-refractivity contribution in [2.75, 3.05) is 23.7 Å². The first-order chi connectivity index (χ1) is 17.6. The van der Waals surface area contributed by atoms with Gasteiger partial charge in [-0.15, -0.1) is 0 Å². The fraction of sp³-hybridized carbons (Fsp3) is 0.241. The van der Waals surface area contributed by atoms with Gasteiger partial charge in [0.05, 0.1) is 5.69 Å².